The van der Waals surface area contributed by atoms with Gasteiger partial charge in [-0.15, -0.1) is 0 Å². The van der Waals surface area contributed by atoms with Crippen LogP contribution in [0.5, 0.6) is 5.75 Å². The number of anilines is 1. The van der Waals surface area contributed by atoms with Crippen LogP contribution in [0.2, 0.25) is 5.02 Å². The van der Waals surface area contributed by atoms with Gasteiger partial charge in [0.2, 0.25) is 5.91 Å². The predicted molar refractivity (Wildman–Crippen MR) is 121 cm³/mol. The van der Waals surface area contributed by atoms with E-state index in [1.54, 1.807) is 60.7 Å². The van der Waals surface area contributed by atoms with Gasteiger partial charge < -0.3 is 15.4 Å². The molecule has 0 saturated carbocycles. The Labute approximate surface area is 189 Å². The van der Waals surface area contributed by atoms with Gasteiger partial charge in [-0.25, -0.2) is 4.79 Å². The van der Waals surface area contributed by atoms with Crippen molar-refractivity contribution in [2.75, 3.05) is 19.0 Å². The lowest BCUT2D eigenvalue weighted by Gasteiger charge is -2.28. The van der Waals surface area contributed by atoms with E-state index in [4.69, 9.17) is 16.3 Å². The fourth-order valence-corrected chi connectivity index (χ4v) is 3.94. The van der Waals surface area contributed by atoms with Crippen molar-refractivity contribution in [3.8, 4) is 5.75 Å². The molecule has 0 bridgehead atoms. The third-order valence-electron chi connectivity index (χ3n) is 5.26. The Morgan fingerprint density at radius 3 is 2.16 bits per heavy atom. The highest BCUT2D eigenvalue weighted by molar-refractivity contribution is 6.31. The Balaban J connectivity index is 1.64. The minimum atomic E-state index is -1.42. The Morgan fingerprint density at radius 2 is 1.59 bits per heavy atom. The Morgan fingerprint density at radius 1 is 1.00 bits per heavy atom. The number of hydrogen-bond donors (Lipinski definition) is 2. The van der Waals surface area contributed by atoms with E-state index in [9.17, 15) is 14.4 Å². The van der Waals surface area contributed by atoms with Gasteiger partial charge >= 0.3 is 6.03 Å². The van der Waals surface area contributed by atoms with E-state index in [0.717, 1.165) is 4.90 Å². The normalized spacial score (nSPS) is 14.8. The molecule has 3 aromatic rings. The van der Waals surface area contributed by atoms with E-state index in [1.807, 2.05) is 12.1 Å². The largest absolute Gasteiger partial charge is 0.495 e. The van der Waals surface area contributed by atoms with Gasteiger partial charge in [0.05, 0.1) is 12.8 Å². The van der Waals surface area contributed by atoms with E-state index in [1.165, 1.54) is 13.2 Å². The maximum Gasteiger partial charge on any atom is 0.326 e. The number of methoxy groups -OCH3 is 1. The SMILES string of the molecule is COc1ccc(Cl)cc1NC(=O)CN1C(=O)NC(c2ccccc2)(c2ccccc2)C1=O. The molecular weight excluding hydrogens is 430 g/mol. The van der Waals surface area contributed by atoms with Crippen LogP contribution in [0, 0.1) is 0 Å². The molecule has 0 aromatic heterocycles. The van der Waals surface area contributed by atoms with Crippen molar-refractivity contribution in [3.05, 3.63) is 95.0 Å². The summed E-state index contributed by atoms with van der Waals surface area (Å²) in [6.07, 6.45) is 0. The molecule has 1 heterocycles. The van der Waals surface area contributed by atoms with Crippen molar-refractivity contribution in [1.82, 2.24) is 10.2 Å². The highest BCUT2D eigenvalue weighted by Gasteiger charge is 2.54. The van der Waals surface area contributed by atoms with Gasteiger partial charge in [0.15, 0.2) is 5.54 Å². The first-order valence-electron chi connectivity index (χ1n) is 9.84. The summed E-state index contributed by atoms with van der Waals surface area (Å²) >= 11 is 6.01. The molecule has 0 radical (unpaired) electrons. The fraction of sp³-hybridized carbons (Fsp3) is 0.125. The Kier molecular flexibility index (Phi) is 5.83. The van der Waals surface area contributed by atoms with Gasteiger partial charge in [0.25, 0.3) is 5.91 Å². The number of ether oxygens (including phenoxy) is 1. The molecule has 4 amide bonds. The summed E-state index contributed by atoms with van der Waals surface area (Å²) in [5.41, 5.74) is 0.121. The van der Waals surface area contributed by atoms with E-state index >= 15 is 0 Å². The molecule has 32 heavy (non-hydrogen) atoms. The van der Waals surface area contributed by atoms with Crippen LogP contribution in [0.3, 0.4) is 0 Å². The monoisotopic (exact) mass is 449 g/mol. The summed E-state index contributed by atoms with van der Waals surface area (Å²) in [7, 11) is 1.46. The summed E-state index contributed by atoms with van der Waals surface area (Å²) in [5, 5.41) is 5.87. The summed E-state index contributed by atoms with van der Waals surface area (Å²) in [5.74, 6) is -0.693. The second-order valence-electron chi connectivity index (χ2n) is 7.20. The number of nitrogens with zero attached hydrogens (tertiary/aromatic N) is 1. The van der Waals surface area contributed by atoms with Crippen LogP contribution >= 0.6 is 11.6 Å². The summed E-state index contributed by atoms with van der Waals surface area (Å²) in [6, 6.07) is 22.0. The minimum absolute atomic E-state index is 0.342. The smallest absolute Gasteiger partial charge is 0.326 e. The average Bonchev–Trinajstić information content (AvgIpc) is 3.06. The Bertz CT molecular complexity index is 1130. The molecule has 4 rings (SSSR count). The quantitative estimate of drug-likeness (QED) is 0.560. The molecule has 0 aliphatic carbocycles. The molecule has 0 unspecified atom stereocenters. The van der Waals surface area contributed by atoms with E-state index in [2.05, 4.69) is 10.6 Å². The van der Waals surface area contributed by atoms with Crippen LogP contribution < -0.4 is 15.4 Å². The first-order valence-corrected chi connectivity index (χ1v) is 10.2. The van der Waals surface area contributed by atoms with Crippen molar-refractivity contribution in [2.45, 2.75) is 5.54 Å². The number of imide groups is 1. The summed E-state index contributed by atoms with van der Waals surface area (Å²) in [6.45, 7) is -0.470. The zero-order valence-corrected chi connectivity index (χ0v) is 17.9. The van der Waals surface area contributed by atoms with Crippen LogP contribution in [-0.4, -0.2) is 36.4 Å². The summed E-state index contributed by atoms with van der Waals surface area (Å²) < 4.78 is 5.23. The molecule has 1 aliphatic rings. The predicted octanol–water partition coefficient (Wildman–Crippen LogP) is 3.78. The third kappa shape index (κ3) is 3.78. The highest BCUT2D eigenvalue weighted by Crippen LogP contribution is 2.36. The number of halogens is 1. The highest BCUT2D eigenvalue weighted by atomic mass is 35.5. The number of urea groups is 1. The number of nitrogens with one attached hydrogen (secondary N) is 2. The second-order valence-corrected chi connectivity index (χ2v) is 7.63. The molecule has 3 aromatic carbocycles. The lowest BCUT2D eigenvalue weighted by atomic mass is 9.82. The molecule has 2 N–H and O–H groups in total. The number of rotatable bonds is 6. The second kappa shape index (κ2) is 8.72. The third-order valence-corrected chi connectivity index (χ3v) is 5.49. The first kappa shape index (κ1) is 21.4. The number of benzene rings is 3. The maximum absolute atomic E-state index is 13.6. The minimum Gasteiger partial charge on any atom is -0.495 e. The zero-order valence-electron chi connectivity index (χ0n) is 17.2. The Hall–Kier alpha value is -3.84. The molecule has 0 spiro atoms. The van der Waals surface area contributed by atoms with Crippen molar-refractivity contribution in [2.24, 2.45) is 0 Å². The molecule has 1 saturated heterocycles. The van der Waals surface area contributed by atoms with Gasteiger partial charge in [-0.1, -0.05) is 72.3 Å². The van der Waals surface area contributed by atoms with Gasteiger partial charge in [0, 0.05) is 5.02 Å². The van der Waals surface area contributed by atoms with E-state index in [0.29, 0.717) is 27.6 Å². The van der Waals surface area contributed by atoms with Crippen molar-refractivity contribution >= 4 is 35.1 Å². The number of amides is 4. The van der Waals surface area contributed by atoms with Gasteiger partial charge in [-0.2, -0.15) is 0 Å². The zero-order chi connectivity index (χ0) is 22.7. The van der Waals surface area contributed by atoms with Crippen LogP contribution in [0.15, 0.2) is 78.9 Å². The van der Waals surface area contributed by atoms with Crippen molar-refractivity contribution in [3.63, 3.8) is 0 Å². The van der Waals surface area contributed by atoms with Crippen LogP contribution in [0.1, 0.15) is 11.1 Å². The lowest BCUT2D eigenvalue weighted by molar-refractivity contribution is -0.133. The molecule has 162 valence electrons. The van der Waals surface area contributed by atoms with Crippen molar-refractivity contribution < 1.29 is 19.1 Å². The fourth-order valence-electron chi connectivity index (χ4n) is 3.77. The summed E-state index contributed by atoms with van der Waals surface area (Å²) in [4.78, 5) is 40.1. The topological polar surface area (TPSA) is 87.7 Å². The van der Waals surface area contributed by atoms with Crippen LogP contribution in [0.4, 0.5) is 10.5 Å². The molecule has 1 fully saturated rings. The molecule has 8 heteroatoms. The number of hydrogen-bond acceptors (Lipinski definition) is 4. The molecule has 0 atom stereocenters. The molecule has 7 nitrogen and oxygen atoms in total. The van der Waals surface area contributed by atoms with Crippen molar-refractivity contribution in [1.29, 1.82) is 0 Å². The van der Waals surface area contributed by atoms with Gasteiger partial charge in [0.1, 0.15) is 12.3 Å². The van der Waals surface area contributed by atoms with Gasteiger partial charge in [-0.05, 0) is 29.3 Å². The maximum atomic E-state index is 13.6. The number of carbonyl (C=O) groups excluding carboxylic acids is 3. The molecular formula is C24H20ClN3O4. The lowest BCUT2D eigenvalue weighted by Crippen LogP contribution is -2.45. The van der Waals surface area contributed by atoms with Crippen LogP contribution in [-0.2, 0) is 15.1 Å². The standard InChI is InChI=1S/C24H20ClN3O4/c1-32-20-13-12-18(25)14-19(20)26-21(29)15-28-22(30)24(27-23(28)31,16-8-4-2-5-9-16)17-10-6-3-7-11-17/h2-14H,15H2,1H3,(H,26,29)(H,27,31). The van der Waals surface area contributed by atoms with Crippen LogP contribution in [0.25, 0.3) is 0 Å². The first-order chi connectivity index (χ1) is 15.5. The van der Waals surface area contributed by atoms with E-state index in [-0.39, 0.29) is 0 Å². The average molecular weight is 450 g/mol. The molecule has 1 aliphatic heterocycles. The number of carbonyl (C=O) groups is 3. The van der Waals surface area contributed by atoms with E-state index < -0.39 is 29.9 Å². The van der Waals surface area contributed by atoms with Gasteiger partial charge in [-0.3, -0.25) is 14.5 Å².